The lowest BCUT2D eigenvalue weighted by Crippen LogP contribution is -2.10. The highest BCUT2D eigenvalue weighted by molar-refractivity contribution is 5.86. The molecule has 0 aliphatic carbocycles. The highest BCUT2D eigenvalue weighted by Gasteiger charge is 2.15. The summed E-state index contributed by atoms with van der Waals surface area (Å²) < 4.78 is 1.91. The van der Waals surface area contributed by atoms with Gasteiger partial charge in [-0.2, -0.15) is 0 Å². The Balaban J connectivity index is 2.55. The van der Waals surface area contributed by atoms with E-state index in [1.54, 1.807) is 0 Å². The summed E-state index contributed by atoms with van der Waals surface area (Å²) in [5.41, 5.74) is 3.20. The first-order valence-corrected chi connectivity index (χ1v) is 6.17. The van der Waals surface area contributed by atoms with Crippen LogP contribution in [0.25, 0.3) is 17.1 Å². The van der Waals surface area contributed by atoms with E-state index in [2.05, 4.69) is 37.9 Å². The van der Waals surface area contributed by atoms with Gasteiger partial charge in [0.15, 0.2) is 0 Å². The molecule has 0 saturated carbocycles. The second kappa shape index (κ2) is 4.53. The topological polar surface area (TPSA) is 55.1 Å². The van der Waals surface area contributed by atoms with Gasteiger partial charge in [-0.3, -0.25) is 0 Å². The van der Waals surface area contributed by atoms with Gasteiger partial charge in [-0.15, -0.1) is 0 Å². The van der Waals surface area contributed by atoms with Gasteiger partial charge in [0.25, 0.3) is 0 Å². The van der Waals surface area contributed by atoms with Crippen LogP contribution >= 0.6 is 0 Å². The van der Waals surface area contributed by atoms with Crippen molar-refractivity contribution in [2.24, 2.45) is 7.05 Å². The SMILES string of the molecule is Cn1c(/C=C/C(=O)O)nc2ccc(C(C)(C)C)cc21. The van der Waals surface area contributed by atoms with Crippen LogP contribution in [0.2, 0.25) is 0 Å². The Morgan fingerprint density at radius 2 is 2.05 bits per heavy atom. The van der Waals surface area contributed by atoms with Crippen LogP contribution in [-0.4, -0.2) is 20.6 Å². The second-order valence-corrected chi connectivity index (χ2v) is 5.65. The van der Waals surface area contributed by atoms with Gasteiger partial charge in [0.1, 0.15) is 5.82 Å². The smallest absolute Gasteiger partial charge is 0.328 e. The van der Waals surface area contributed by atoms with Crippen LogP contribution in [0.4, 0.5) is 0 Å². The van der Waals surface area contributed by atoms with Crippen molar-refractivity contribution in [2.75, 3.05) is 0 Å². The van der Waals surface area contributed by atoms with Gasteiger partial charge in [0, 0.05) is 13.1 Å². The molecule has 0 unspecified atom stereocenters. The fraction of sp³-hybridized carbons (Fsp3) is 0.333. The summed E-state index contributed by atoms with van der Waals surface area (Å²) >= 11 is 0. The molecule has 0 aliphatic rings. The number of rotatable bonds is 2. The fourth-order valence-corrected chi connectivity index (χ4v) is 1.97. The minimum Gasteiger partial charge on any atom is -0.478 e. The second-order valence-electron chi connectivity index (χ2n) is 5.65. The Hall–Kier alpha value is -2.10. The maximum atomic E-state index is 10.6. The lowest BCUT2D eigenvalue weighted by Gasteiger charge is -2.18. The number of nitrogens with zero attached hydrogens (tertiary/aromatic N) is 2. The Kier molecular flexibility index (Phi) is 3.18. The van der Waals surface area contributed by atoms with Gasteiger partial charge in [-0.1, -0.05) is 26.8 Å². The van der Waals surface area contributed by atoms with Gasteiger partial charge >= 0.3 is 5.97 Å². The number of hydrogen-bond donors (Lipinski definition) is 1. The summed E-state index contributed by atoms with van der Waals surface area (Å²) in [6.45, 7) is 6.49. The summed E-state index contributed by atoms with van der Waals surface area (Å²) in [4.78, 5) is 15.0. The number of carbonyl (C=O) groups is 1. The van der Waals surface area contributed by atoms with Crippen LogP contribution in [0.3, 0.4) is 0 Å². The van der Waals surface area contributed by atoms with E-state index in [0.29, 0.717) is 5.82 Å². The molecule has 0 atom stereocenters. The number of imidazole rings is 1. The number of aromatic nitrogens is 2. The largest absolute Gasteiger partial charge is 0.478 e. The van der Waals surface area contributed by atoms with Crippen LogP contribution in [-0.2, 0) is 17.3 Å². The van der Waals surface area contributed by atoms with Crippen molar-refractivity contribution < 1.29 is 9.90 Å². The summed E-state index contributed by atoms with van der Waals surface area (Å²) in [7, 11) is 1.89. The summed E-state index contributed by atoms with van der Waals surface area (Å²) in [5.74, 6) is -0.328. The molecule has 0 spiro atoms. The van der Waals surface area contributed by atoms with Crippen molar-refractivity contribution in [3.8, 4) is 0 Å². The number of benzene rings is 1. The van der Waals surface area contributed by atoms with Crippen LogP contribution in [0, 0.1) is 0 Å². The predicted octanol–water partition coefficient (Wildman–Crippen LogP) is 2.97. The Labute approximate surface area is 112 Å². The minimum atomic E-state index is -0.970. The molecule has 4 heteroatoms. The average molecular weight is 258 g/mol. The highest BCUT2D eigenvalue weighted by Crippen LogP contribution is 2.26. The molecular formula is C15H18N2O2. The highest BCUT2D eigenvalue weighted by atomic mass is 16.4. The molecule has 4 nitrogen and oxygen atoms in total. The van der Waals surface area contributed by atoms with E-state index in [1.165, 1.54) is 11.6 Å². The van der Waals surface area contributed by atoms with Crippen molar-refractivity contribution in [3.05, 3.63) is 35.7 Å². The van der Waals surface area contributed by atoms with Crippen molar-refractivity contribution in [1.82, 2.24) is 9.55 Å². The molecule has 0 aliphatic heterocycles. The van der Waals surface area contributed by atoms with E-state index in [-0.39, 0.29) is 5.41 Å². The molecule has 1 aromatic carbocycles. The Morgan fingerprint density at radius 1 is 1.37 bits per heavy atom. The summed E-state index contributed by atoms with van der Waals surface area (Å²) in [6, 6.07) is 6.16. The Bertz CT molecular complexity index is 661. The van der Waals surface area contributed by atoms with Gasteiger partial charge < -0.3 is 9.67 Å². The first-order chi connectivity index (χ1) is 8.79. The molecular weight excluding hydrogens is 240 g/mol. The molecule has 19 heavy (non-hydrogen) atoms. The van der Waals surface area contributed by atoms with Crippen LogP contribution in [0.5, 0.6) is 0 Å². The van der Waals surface area contributed by atoms with Crippen LogP contribution in [0.15, 0.2) is 24.3 Å². The number of aliphatic carboxylic acids is 1. The monoisotopic (exact) mass is 258 g/mol. The molecule has 0 saturated heterocycles. The molecule has 0 radical (unpaired) electrons. The van der Waals surface area contributed by atoms with Crippen molar-refractivity contribution in [1.29, 1.82) is 0 Å². The third kappa shape index (κ3) is 2.67. The number of aryl methyl sites for hydroxylation is 1. The lowest BCUT2D eigenvalue weighted by molar-refractivity contribution is -0.131. The minimum absolute atomic E-state index is 0.0789. The van der Waals surface area contributed by atoms with E-state index in [4.69, 9.17) is 5.11 Å². The van der Waals surface area contributed by atoms with E-state index < -0.39 is 5.97 Å². The normalized spacial score (nSPS) is 12.4. The van der Waals surface area contributed by atoms with Gasteiger partial charge in [0.05, 0.1) is 11.0 Å². The zero-order chi connectivity index (χ0) is 14.2. The van der Waals surface area contributed by atoms with Gasteiger partial charge in [-0.05, 0) is 29.2 Å². The first kappa shape index (κ1) is 13.3. The summed E-state index contributed by atoms with van der Waals surface area (Å²) in [6.07, 6.45) is 2.62. The molecule has 1 aromatic heterocycles. The average Bonchev–Trinajstić information content (AvgIpc) is 2.62. The first-order valence-electron chi connectivity index (χ1n) is 6.17. The molecule has 0 bridgehead atoms. The van der Waals surface area contributed by atoms with Crippen molar-refractivity contribution in [2.45, 2.75) is 26.2 Å². The zero-order valence-electron chi connectivity index (χ0n) is 11.6. The van der Waals surface area contributed by atoms with E-state index >= 15 is 0 Å². The standard InChI is InChI=1S/C15H18N2O2/c1-15(2,3)10-5-6-11-12(9-10)17(4)13(16-11)7-8-14(18)19/h5-9H,1-4H3,(H,18,19)/b8-7+. The molecule has 0 amide bonds. The van der Waals surface area contributed by atoms with E-state index in [9.17, 15) is 4.79 Å². The van der Waals surface area contributed by atoms with Gasteiger partial charge in [0.2, 0.25) is 0 Å². The molecule has 0 fully saturated rings. The number of carboxylic acid groups (broad SMARTS) is 1. The van der Waals surface area contributed by atoms with E-state index in [0.717, 1.165) is 17.1 Å². The van der Waals surface area contributed by atoms with Crippen molar-refractivity contribution in [3.63, 3.8) is 0 Å². The third-order valence-electron chi connectivity index (χ3n) is 3.16. The fourth-order valence-electron chi connectivity index (χ4n) is 1.97. The van der Waals surface area contributed by atoms with Crippen molar-refractivity contribution >= 4 is 23.1 Å². The lowest BCUT2D eigenvalue weighted by atomic mass is 9.87. The zero-order valence-corrected chi connectivity index (χ0v) is 11.6. The maximum Gasteiger partial charge on any atom is 0.328 e. The Morgan fingerprint density at radius 3 is 2.63 bits per heavy atom. The predicted molar refractivity (Wildman–Crippen MR) is 76.1 cm³/mol. The maximum absolute atomic E-state index is 10.6. The quantitative estimate of drug-likeness (QED) is 0.842. The molecule has 1 heterocycles. The van der Waals surface area contributed by atoms with Gasteiger partial charge in [-0.25, -0.2) is 9.78 Å². The van der Waals surface area contributed by atoms with Crippen LogP contribution < -0.4 is 0 Å². The number of carboxylic acids is 1. The molecule has 1 N–H and O–H groups in total. The van der Waals surface area contributed by atoms with E-state index in [1.807, 2.05) is 17.7 Å². The third-order valence-corrected chi connectivity index (χ3v) is 3.16. The molecule has 2 aromatic rings. The number of fused-ring (bicyclic) bond motifs is 1. The summed E-state index contributed by atoms with van der Waals surface area (Å²) in [5, 5.41) is 8.67. The molecule has 2 rings (SSSR count). The van der Waals surface area contributed by atoms with Crippen LogP contribution in [0.1, 0.15) is 32.2 Å². The molecule has 100 valence electrons. The number of hydrogen-bond acceptors (Lipinski definition) is 2.